The first-order valence-electron chi connectivity index (χ1n) is 7.95. The zero-order chi connectivity index (χ0) is 16.9. The summed E-state index contributed by atoms with van der Waals surface area (Å²) in [4.78, 5) is 33.6. The van der Waals surface area contributed by atoms with Crippen LogP contribution in [0.2, 0.25) is 0 Å². The maximum absolute atomic E-state index is 11.9. The average molecular weight is 332 g/mol. The van der Waals surface area contributed by atoms with Crippen LogP contribution in [-0.4, -0.2) is 48.6 Å². The molecule has 8 nitrogen and oxygen atoms in total. The van der Waals surface area contributed by atoms with Crippen LogP contribution < -0.4 is 10.2 Å². The number of carbonyl (C=O) groups excluding carboxylic acids is 2. The monoisotopic (exact) mass is 332 g/mol. The molecule has 0 aliphatic carbocycles. The first kappa shape index (κ1) is 16.2. The van der Waals surface area contributed by atoms with Crippen LogP contribution in [0.4, 0.5) is 6.01 Å². The highest BCUT2D eigenvalue weighted by atomic mass is 16.5. The van der Waals surface area contributed by atoms with E-state index in [-0.39, 0.29) is 18.4 Å². The summed E-state index contributed by atoms with van der Waals surface area (Å²) in [5, 5.41) is 2.58. The predicted octanol–water partition coefficient (Wildman–Crippen LogP) is 1.12. The molecule has 1 aliphatic rings. The number of aromatic nitrogens is 2. The van der Waals surface area contributed by atoms with Crippen LogP contribution in [0.1, 0.15) is 19.3 Å². The number of nitrogens with zero attached hydrogens (tertiary/aromatic N) is 3. The molecule has 3 rings (SSSR count). The van der Waals surface area contributed by atoms with Crippen LogP contribution in [0.5, 0.6) is 0 Å². The van der Waals surface area contributed by atoms with Gasteiger partial charge in [-0.3, -0.25) is 9.59 Å². The van der Waals surface area contributed by atoms with Crippen LogP contribution >= 0.6 is 0 Å². The normalized spacial score (nSPS) is 17.7. The van der Waals surface area contributed by atoms with E-state index in [1.807, 2.05) is 17.0 Å². The number of ether oxygens (including phenoxy) is 1. The Balaban J connectivity index is 1.58. The number of pyridine rings is 1. The molecule has 3 heterocycles. The number of esters is 1. The van der Waals surface area contributed by atoms with Gasteiger partial charge in [-0.05, 0) is 30.9 Å². The average Bonchev–Trinajstić information content (AvgIpc) is 3.04. The molecule has 1 saturated heterocycles. The Morgan fingerprint density at radius 2 is 2.38 bits per heavy atom. The van der Waals surface area contributed by atoms with E-state index in [1.54, 1.807) is 6.20 Å². The van der Waals surface area contributed by atoms with Gasteiger partial charge in [-0.15, -0.1) is 0 Å². The number of amides is 1. The van der Waals surface area contributed by atoms with Gasteiger partial charge in [0.05, 0.1) is 7.11 Å². The third-order valence-electron chi connectivity index (χ3n) is 4.07. The minimum Gasteiger partial charge on any atom is -0.468 e. The Morgan fingerprint density at radius 3 is 3.17 bits per heavy atom. The molecule has 24 heavy (non-hydrogen) atoms. The smallest absolute Gasteiger partial charge is 0.325 e. The van der Waals surface area contributed by atoms with Crippen LogP contribution in [-0.2, 0) is 14.3 Å². The number of hydrogen-bond acceptors (Lipinski definition) is 7. The fourth-order valence-corrected chi connectivity index (χ4v) is 2.88. The van der Waals surface area contributed by atoms with E-state index < -0.39 is 5.97 Å². The SMILES string of the molecule is COC(=O)CNC(=O)CC1CCCN(c2nc3ncccc3o2)C1. The molecule has 1 fully saturated rings. The number of nitrogens with one attached hydrogen (secondary N) is 1. The fraction of sp³-hybridized carbons (Fsp3) is 0.500. The third-order valence-corrected chi connectivity index (χ3v) is 4.07. The van der Waals surface area contributed by atoms with Crippen molar-refractivity contribution in [2.24, 2.45) is 5.92 Å². The maximum atomic E-state index is 11.9. The molecule has 2 aromatic rings. The molecule has 0 saturated carbocycles. The van der Waals surface area contributed by atoms with E-state index in [0.717, 1.165) is 19.4 Å². The zero-order valence-electron chi connectivity index (χ0n) is 13.5. The zero-order valence-corrected chi connectivity index (χ0v) is 13.5. The lowest BCUT2D eigenvalue weighted by molar-refractivity contribution is -0.141. The van der Waals surface area contributed by atoms with Crippen molar-refractivity contribution in [2.75, 3.05) is 31.6 Å². The molecule has 0 aromatic carbocycles. The second-order valence-corrected chi connectivity index (χ2v) is 5.83. The Bertz CT molecular complexity index is 697. The number of fused-ring (bicyclic) bond motifs is 1. The lowest BCUT2D eigenvalue weighted by Crippen LogP contribution is -2.39. The quantitative estimate of drug-likeness (QED) is 0.819. The van der Waals surface area contributed by atoms with Crippen molar-refractivity contribution in [1.82, 2.24) is 15.3 Å². The fourth-order valence-electron chi connectivity index (χ4n) is 2.88. The van der Waals surface area contributed by atoms with Gasteiger partial charge in [-0.2, -0.15) is 4.98 Å². The molecular weight excluding hydrogens is 312 g/mol. The number of methoxy groups -OCH3 is 1. The van der Waals surface area contributed by atoms with Crippen molar-refractivity contribution >= 4 is 29.1 Å². The van der Waals surface area contributed by atoms with Gasteiger partial charge in [0, 0.05) is 25.7 Å². The van der Waals surface area contributed by atoms with Crippen molar-refractivity contribution < 1.29 is 18.7 Å². The summed E-state index contributed by atoms with van der Waals surface area (Å²) < 4.78 is 10.3. The number of carbonyl (C=O) groups is 2. The van der Waals surface area contributed by atoms with Gasteiger partial charge < -0.3 is 19.4 Å². The first-order chi connectivity index (χ1) is 11.7. The van der Waals surface area contributed by atoms with E-state index in [2.05, 4.69) is 20.0 Å². The number of anilines is 1. The molecule has 1 amide bonds. The van der Waals surface area contributed by atoms with E-state index in [9.17, 15) is 9.59 Å². The first-order valence-corrected chi connectivity index (χ1v) is 7.95. The molecule has 1 atom stereocenters. The molecule has 1 unspecified atom stereocenters. The molecule has 0 radical (unpaired) electrons. The van der Waals surface area contributed by atoms with Crippen LogP contribution in [0.25, 0.3) is 11.2 Å². The molecular formula is C16H20N4O4. The van der Waals surface area contributed by atoms with Gasteiger partial charge in [0.2, 0.25) is 11.6 Å². The summed E-state index contributed by atoms with van der Waals surface area (Å²) in [6.45, 7) is 1.44. The van der Waals surface area contributed by atoms with Gasteiger partial charge in [0.1, 0.15) is 6.54 Å². The highest BCUT2D eigenvalue weighted by Gasteiger charge is 2.25. The maximum Gasteiger partial charge on any atom is 0.325 e. The summed E-state index contributed by atoms with van der Waals surface area (Å²) in [6, 6.07) is 4.19. The lowest BCUT2D eigenvalue weighted by Gasteiger charge is -2.31. The molecule has 0 spiro atoms. The number of oxazole rings is 1. The summed E-state index contributed by atoms with van der Waals surface area (Å²) in [6.07, 6.45) is 3.97. The van der Waals surface area contributed by atoms with E-state index in [0.29, 0.717) is 30.2 Å². The van der Waals surface area contributed by atoms with Gasteiger partial charge in [-0.1, -0.05) is 0 Å². The van der Waals surface area contributed by atoms with Crippen LogP contribution in [0.3, 0.4) is 0 Å². The number of piperidine rings is 1. The van der Waals surface area contributed by atoms with Crippen molar-refractivity contribution in [3.8, 4) is 0 Å². The predicted molar refractivity (Wildman–Crippen MR) is 86.4 cm³/mol. The second-order valence-electron chi connectivity index (χ2n) is 5.83. The summed E-state index contributed by atoms with van der Waals surface area (Å²) in [5.41, 5.74) is 1.25. The van der Waals surface area contributed by atoms with Gasteiger partial charge in [-0.25, -0.2) is 4.98 Å². The molecule has 0 bridgehead atoms. The Labute approximate surface area is 139 Å². The third kappa shape index (κ3) is 3.81. The van der Waals surface area contributed by atoms with E-state index in [1.165, 1.54) is 7.11 Å². The van der Waals surface area contributed by atoms with Gasteiger partial charge in [0.25, 0.3) is 6.01 Å². The van der Waals surface area contributed by atoms with Crippen molar-refractivity contribution in [3.05, 3.63) is 18.3 Å². The minimum absolute atomic E-state index is 0.0947. The molecule has 1 aliphatic heterocycles. The van der Waals surface area contributed by atoms with Gasteiger partial charge in [0.15, 0.2) is 5.58 Å². The topological polar surface area (TPSA) is 97.6 Å². The molecule has 128 valence electrons. The highest BCUT2D eigenvalue weighted by molar-refractivity contribution is 5.82. The highest BCUT2D eigenvalue weighted by Crippen LogP contribution is 2.26. The summed E-state index contributed by atoms with van der Waals surface area (Å²) in [7, 11) is 1.29. The molecule has 8 heteroatoms. The molecule has 2 aromatic heterocycles. The van der Waals surface area contributed by atoms with Crippen LogP contribution in [0.15, 0.2) is 22.7 Å². The Morgan fingerprint density at radius 1 is 1.50 bits per heavy atom. The van der Waals surface area contributed by atoms with E-state index in [4.69, 9.17) is 4.42 Å². The minimum atomic E-state index is -0.451. The Kier molecular flexibility index (Phi) is 4.93. The van der Waals surface area contributed by atoms with Crippen molar-refractivity contribution in [3.63, 3.8) is 0 Å². The van der Waals surface area contributed by atoms with Crippen molar-refractivity contribution in [2.45, 2.75) is 19.3 Å². The number of rotatable bonds is 5. The Hall–Kier alpha value is -2.64. The number of hydrogen-bond donors (Lipinski definition) is 1. The summed E-state index contributed by atoms with van der Waals surface area (Å²) >= 11 is 0. The molecule has 1 N–H and O–H groups in total. The van der Waals surface area contributed by atoms with Crippen LogP contribution in [0, 0.1) is 5.92 Å². The lowest BCUT2D eigenvalue weighted by atomic mass is 9.95. The van der Waals surface area contributed by atoms with E-state index >= 15 is 0 Å². The standard InChI is InChI=1S/C16H20N4O4/c1-23-14(22)9-18-13(21)8-11-4-3-7-20(10-11)16-19-15-12(24-16)5-2-6-17-15/h2,5-6,11H,3-4,7-10H2,1H3,(H,18,21). The second kappa shape index (κ2) is 7.29. The largest absolute Gasteiger partial charge is 0.468 e. The van der Waals surface area contributed by atoms with Crippen molar-refractivity contribution in [1.29, 1.82) is 0 Å². The van der Waals surface area contributed by atoms with Gasteiger partial charge >= 0.3 is 5.97 Å². The summed E-state index contributed by atoms with van der Waals surface area (Å²) in [5.74, 6) is -0.404.